The summed E-state index contributed by atoms with van der Waals surface area (Å²) in [5.74, 6) is 1.34. The molecule has 0 unspecified atom stereocenters. The molecule has 0 saturated carbocycles. The zero-order chi connectivity index (χ0) is 22.7. The lowest BCUT2D eigenvalue weighted by Crippen LogP contribution is -2.43. The molecule has 1 N–H and O–H groups in total. The second kappa shape index (κ2) is 9.61. The van der Waals surface area contributed by atoms with Gasteiger partial charge in [-0.25, -0.2) is 0 Å². The maximum atomic E-state index is 13.4. The van der Waals surface area contributed by atoms with E-state index < -0.39 is 5.41 Å². The van der Waals surface area contributed by atoms with Gasteiger partial charge in [-0.2, -0.15) is 15.4 Å². The summed E-state index contributed by atoms with van der Waals surface area (Å²) in [5.41, 5.74) is 1.43. The van der Waals surface area contributed by atoms with Crippen LogP contribution in [0.4, 0.5) is 0 Å². The first-order valence-corrected chi connectivity index (χ1v) is 11.9. The molecule has 3 heterocycles. The van der Waals surface area contributed by atoms with Crippen LogP contribution in [0.15, 0.2) is 30.5 Å². The third-order valence-corrected chi connectivity index (χ3v) is 7.17. The summed E-state index contributed by atoms with van der Waals surface area (Å²) in [6.07, 6.45) is 5.33. The van der Waals surface area contributed by atoms with E-state index in [0.29, 0.717) is 36.1 Å². The Hall–Kier alpha value is -2.41. The Morgan fingerprint density at radius 3 is 2.50 bits per heavy atom. The van der Waals surface area contributed by atoms with Gasteiger partial charge in [0.1, 0.15) is 0 Å². The minimum atomic E-state index is -0.479. The Bertz CT molecular complexity index is 930. The lowest BCUT2D eigenvalue weighted by Gasteiger charge is -2.32. The van der Waals surface area contributed by atoms with Crippen LogP contribution >= 0.6 is 11.6 Å². The van der Waals surface area contributed by atoms with Gasteiger partial charge in [-0.1, -0.05) is 37.6 Å². The van der Waals surface area contributed by atoms with Crippen molar-refractivity contribution in [2.75, 3.05) is 26.2 Å². The molecule has 1 aromatic carbocycles. The molecule has 32 heavy (non-hydrogen) atoms. The number of nitrogens with one attached hydrogen (secondary N) is 1. The molecule has 1 aromatic heterocycles. The molecule has 2 aliphatic rings. The van der Waals surface area contributed by atoms with Gasteiger partial charge < -0.3 is 9.80 Å². The SMILES string of the molecule is CC(C)(Cc1cccc(Cl)c1)C(=O)N1CC[C@@H]2CN(C(=O)CCc3cn[nH]n3)C[C@@H]2CC1. The Balaban J connectivity index is 1.29. The fourth-order valence-corrected chi connectivity index (χ4v) is 5.37. The van der Waals surface area contributed by atoms with Crippen molar-refractivity contribution in [2.45, 2.75) is 46.0 Å². The van der Waals surface area contributed by atoms with Gasteiger partial charge in [0, 0.05) is 49.5 Å². The zero-order valence-corrected chi connectivity index (χ0v) is 19.6. The number of hydrogen-bond donors (Lipinski definition) is 1. The van der Waals surface area contributed by atoms with Gasteiger partial charge in [-0.3, -0.25) is 9.59 Å². The van der Waals surface area contributed by atoms with Crippen LogP contribution in [0.1, 0.15) is 44.4 Å². The molecule has 0 aliphatic carbocycles. The molecule has 2 atom stereocenters. The number of benzene rings is 1. The molecule has 0 radical (unpaired) electrons. The van der Waals surface area contributed by atoms with Crippen LogP contribution in [-0.2, 0) is 22.4 Å². The summed E-state index contributed by atoms with van der Waals surface area (Å²) in [5, 5.41) is 11.1. The number of aromatic nitrogens is 3. The second-order valence-corrected chi connectivity index (χ2v) is 10.3. The van der Waals surface area contributed by atoms with Crippen LogP contribution in [0.2, 0.25) is 5.02 Å². The number of aromatic amines is 1. The number of fused-ring (bicyclic) bond motifs is 1. The molecular formula is C24H32ClN5O2. The van der Waals surface area contributed by atoms with E-state index in [1.165, 1.54) is 0 Å². The minimum Gasteiger partial charge on any atom is -0.342 e. The largest absolute Gasteiger partial charge is 0.342 e. The second-order valence-electron chi connectivity index (χ2n) is 9.84. The molecule has 0 spiro atoms. The van der Waals surface area contributed by atoms with Gasteiger partial charge in [0.25, 0.3) is 0 Å². The highest BCUT2D eigenvalue weighted by atomic mass is 35.5. The molecule has 7 nitrogen and oxygen atoms in total. The monoisotopic (exact) mass is 457 g/mol. The van der Waals surface area contributed by atoms with Crippen molar-refractivity contribution in [1.29, 1.82) is 0 Å². The number of H-pyrrole nitrogens is 1. The highest BCUT2D eigenvalue weighted by Crippen LogP contribution is 2.34. The minimum absolute atomic E-state index is 0.191. The van der Waals surface area contributed by atoms with E-state index in [4.69, 9.17) is 11.6 Å². The van der Waals surface area contributed by atoms with Crippen molar-refractivity contribution in [1.82, 2.24) is 25.2 Å². The quantitative estimate of drug-likeness (QED) is 0.721. The van der Waals surface area contributed by atoms with Crippen molar-refractivity contribution in [3.05, 3.63) is 46.7 Å². The number of rotatable bonds is 6. The lowest BCUT2D eigenvalue weighted by molar-refractivity contribution is -0.140. The van der Waals surface area contributed by atoms with E-state index in [9.17, 15) is 9.59 Å². The van der Waals surface area contributed by atoms with Crippen molar-refractivity contribution in [3.8, 4) is 0 Å². The number of amides is 2. The highest BCUT2D eigenvalue weighted by Gasteiger charge is 2.39. The molecule has 4 rings (SSSR count). The van der Waals surface area contributed by atoms with Crippen molar-refractivity contribution < 1.29 is 9.59 Å². The van der Waals surface area contributed by atoms with Gasteiger partial charge >= 0.3 is 0 Å². The van der Waals surface area contributed by atoms with E-state index in [1.54, 1.807) is 6.20 Å². The highest BCUT2D eigenvalue weighted by molar-refractivity contribution is 6.30. The molecule has 2 fully saturated rings. The first kappa shape index (κ1) is 22.8. The summed E-state index contributed by atoms with van der Waals surface area (Å²) in [4.78, 5) is 30.1. The average Bonchev–Trinajstić information content (AvgIpc) is 3.38. The van der Waals surface area contributed by atoms with Gasteiger partial charge in [0.05, 0.1) is 11.9 Å². The molecular weight excluding hydrogens is 426 g/mol. The summed E-state index contributed by atoms with van der Waals surface area (Å²) in [6.45, 7) is 7.18. The topological polar surface area (TPSA) is 82.2 Å². The Morgan fingerprint density at radius 1 is 1.16 bits per heavy atom. The van der Waals surface area contributed by atoms with E-state index in [-0.39, 0.29) is 11.8 Å². The molecule has 2 aliphatic heterocycles. The number of aryl methyl sites for hydroxylation is 1. The van der Waals surface area contributed by atoms with Crippen LogP contribution in [0, 0.1) is 17.3 Å². The number of carbonyl (C=O) groups is 2. The molecule has 8 heteroatoms. The summed E-state index contributed by atoms with van der Waals surface area (Å²) in [7, 11) is 0. The van der Waals surface area contributed by atoms with E-state index in [2.05, 4.69) is 15.4 Å². The number of likely N-dealkylation sites (tertiary alicyclic amines) is 2. The van der Waals surface area contributed by atoms with E-state index in [1.807, 2.05) is 47.9 Å². The summed E-state index contributed by atoms with van der Waals surface area (Å²) in [6, 6.07) is 7.76. The normalized spacial score (nSPS) is 21.3. The molecule has 2 aromatic rings. The number of carbonyl (C=O) groups excluding carboxylic acids is 2. The Labute approximate surface area is 194 Å². The van der Waals surface area contributed by atoms with Crippen LogP contribution in [0.3, 0.4) is 0 Å². The number of hydrogen-bond acceptors (Lipinski definition) is 4. The predicted octanol–water partition coefficient (Wildman–Crippen LogP) is 3.36. The van der Waals surface area contributed by atoms with Gasteiger partial charge in [0.2, 0.25) is 11.8 Å². The van der Waals surface area contributed by atoms with Crippen molar-refractivity contribution in [2.24, 2.45) is 17.3 Å². The number of halogens is 1. The van der Waals surface area contributed by atoms with Crippen LogP contribution in [-0.4, -0.2) is 63.2 Å². The van der Waals surface area contributed by atoms with E-state index >= 15 is 0 Å². The van der Waals surface area contributed by atoms with Crippen LogP contribution in [0.25, 0.3) is 0 Å². The van der Waals surface area contributed by atoms with E-state index in [0.717, 1.165) is 50.3 Å². The average molecular weight is 458 g/mol. The van der Waals surface area contributed by atoms with Crippen molar-refractivity contribution in [3.63, 3.8) is 0 Å². The molecule has 172 valence electrons. The lowest BCUT2D eigenvalue weighted by atomic mass is 9.84. The summed E-state index contributed by atoms with van der Waals surface area (Å²) < 4.78 is 0. The Kier molecular flexibility index (Phi) is 6.84. The summed E-state index contributed by atoms with van der Waals surface area (Å²) >= 11 is 6.13. The third-order valence-electron chi connectivity index (χ3n) is 6.93. The predicted molar refractivity (Wildman–Crippen MR) is 123 cm³/mol. The van der Waals surface area contributed by atoms with Crippen LogP contribution in [0.5, 0.6) is 0 Å². The Morgan fingerprint density at radius 2 is 1.88 bits per heavy atom. The van der Waals surface area contributed by atoms with Gasteiger partial charge in [-0.15, -0.1) is 0 Å². The van der Waals surface area contributed by atoms with Crippen molar-refractivity contribution >= 4 is 23.4 Å². The first-order chi connectivity index (χ1) is 15.3. The van der Waals surface area contributed by atoms with Gasteiger partial charge in [-0.05, 0) is 48.8 Å². The molecule has 2 amide bonds. The number of nitrogens with zero attached hydrogens (tertiary/aromatic N) is 4. The fourth-order valence-electron chi connectivity index (χ4n) is 5.15. The first-order valence-electron chi connectivity index (χ1n) is 11.5. The van der Waals surface area contributed by atoms with Crippen LogP contribution < -0.4 is 0 Å². The van der Waals surface area contributed by atoms with Gasteiger partial charge in [0.15, 0.2) is 0 Å². The maximum absolute atomic E-state index is 13.4. The standard InChI is InChI=1S/C24H32ClN5O2/c1-24(2,13-17-4-3-5-20(25)12-17)23(32)29-10-8-18-15-30(16-19(18)9-11-29)22(31)7-6-21-14-26-28-27-21/h3-5,12,14,18-19H,6-11,13,15-16H2,1-2H3,(H,26,27,28)/t18-,19+. The zero-order valence-electron chi connectivity index (χ0n) is 18.9. The fraction of sp³-hybridized carbons (Fsp3) is 0.583. The molecule has 0 bridgehead atoms. The maximum Gasteiger partial charge on any atom is 0.228 e. The third kappa shape index (κ3) is 5.31. The molecule has 2 saturated heterocycles. The smallest absolute Gasteiger partial charge is 0.228 e.